The molecule has 1 aromatic carbocycles. The molecule has 0 saturated carbocycles. The van der Waals surface area contributed by atoms with Crippen LogP contribution in [-0.2, 0) is 4.74 Å². The number of hydrogen-bond donors (Lipinski definition) is 0. The fourth-order valence-electron chi connectivity index (χ4n) is 1.54. The molecule has 1 aromatic heterocycles. The molecular formula is C13H10N2O4. The van der Waals surface area contributed by atoms with Crippen molar-refractivity contribution in [1.82, 2.24) is 9.78 Å². The molecule has 0 atom stereocenters. The fourth-order valence-corrected chi connectivity index (χ4v) is 1.54. The van der Waals surface area contributed by atoms with Gasteiger partial charge in [-0.15, -0.1) is 0 Å². The Morgan fingerprint density at radius 2 is 2.11 bits per heavy atom. The number of hydrogen-bond acceptors (Lipinski definition) is 5. The lowest BCUT2D eigenvalue weighted by atomic mass is 10.2. The summed E-state index contributed by atoms with van der Waals surface area (Å²) >= 11 is 0. The van der Waals surface area contributed by atoms with Gasteiger partial charge in [-0.25, -0.2) is 4.79 Å². The second-order valence-electron chi connectivity index (χ2n) is 3.67. The predicted molar refractivity (Wildman–Crippen MR) is 66.6 cm³/mol. The van der Waals surface area contributed by atoms with Crippen molar-refractivity contribution < 1.29 is 14.3 Å². The fraction of sp³-hybridized carbons (Fsp3) is 0.0769. The Labute approximate surface area is 108 Å². The molecule has 0 unspecified atom stereocenters. The number of carbonyl (C=O) groups is 2. The van der Waals surface area contributed by atoms with Gasteiger partial charge in [0, 0.05) is 11.6 Å². The van der Waals surface area contributed by atoms with E-state index in [1.54, 1.807) is 18.2 Å². The zero-order valence-corrected chi connectivity index (χ0v) is 10.1. The van der Waals surface area contributed by atoms with Crippen molar-refractivity contribution in [1.29, 1.82) is 0 Å². The number of methoxy groups -OCH3 is 1. The van der Waals surface area contributed by atoms with Crippen molar-refractivity contribution in [3.63, 3.8) is 0 Å². The van der Waals surface area contributed by atoms with E-state index in [1.165, 1.54) is 25.3 Å². The summed E-state index contributed by atoms with van der Waals surface area (Å²) in [6.07, 6.45) is 0.665. The van der Waals surface area contributed by atoms with Gasteiger partial charge < -0.3 is 4.74 Å². The molecule has 0 aliphatic heterocycles. The lowest BCUT2D eigenvalue weighted by Crippen LogP contribution is -2.23. The number of benzene rings is 1. The van der Waals surface area contributed by atoms with Crippen LogP contribution < -0.4 is 5.56 Å². The smallest absolute Gasteiger partial charge is 0.358 e. The Hall–Kier alpha value is -2.76. The molecule has 0 fully saturated rings. The van der Waals surface area contributed by atoms with Gasteiger partial charge in [-0.2, -0.15) is 9.78 Å². The monoisotopic (exact) mass is 258 g/mol. The normalized spacial score (nSPS) is 9.95. The van der Waals surface area contributed by atoms with E-state index in [-0.39, 0.29) is 5.69 Å². The highest BCUT2D eigenvalue weighted by atomic mass is 16.5. The number of carbonyl (C=O) groups excluding carboxylic acids is 2. The van der Waals surface area contributed by atoms with E-state index in [2.05, 4.69) is 9.84 Å². The van der Waals surface area contributed by atoms with Crippen LogP contribution in [0.4, 0.5) is 0 Å². The van der Waals surface area contributed by atoms with Crippen LogP contribution in [0.2, 0.25) is 0 Å². The van der Waals surface area contributed by atoms with Crippen molar-refractivity contribution in [3.05, 3.63) is 58.0 Å². The zero-order chi connectivity index (χ0) is 13.8. The molecule has 6 heteroatoms. The molecule has 0 bridgehead atoms. The third-order valence-corrected chi connectivity index (χ3v) is 2.45. The summed E-state index contributed by atoms with van der Waals surface area (Å²) < 4.78 is 5.58. The summed E-state index contributed by atoms with van der Waals surface area (Å²) in [5.41, 5.74) is 0.421. The second kappa shape index (κ2) is 5.26. The number of rotatable bonds is 3. The molecule has 2 rings (SSSR count). The van der Waals surface area contributed by atoms with Crippen LogP contribution in [0.1, 0.15) is 20.8 Å². The minimum absolute atomic E-state index is 0.0126. The molecule has 0 aliphatic rings. The maximum Gasteiger partial charge on any atom is 0.358 e. The van der Waals surface area contributed by atoms with Crippen LogP contribution in [0.5, 0.6) is 0 Å². The van der Waals surface area contributed by atoms with Crippen molar-refractivity contribution in [2.75, 3.05) is 7.11 Å². The third-order valence-electron chi connectivity index (χ3n) is 2.45. The Morgan fingerprint density at radius 3 is 2.79 bits per heavy atom. The minimum Gasteiger partial charge on any atom is -0.464 e. The highest BCUT2D eigenvalue weighted by Crippen LogP contribution is 2.06. The van der Waals surface area contributed by atoms with Crippen molar-refractivity contribution in [2.24, 2.45) is 0 Å². The van der Waals surface area contributed by atoms with Gasteiger partial charge in [0.2, 0.25) is 0 Å². The summed E-state index contributed by atoms with van der Waals surface area (Å²) in [6, 6.07) is 8.84. The average molecular weight is 258 g/mol. The van der Waals surface area contributed by atoms with E-state index >= 15 is 0 Å². The molecule has 0 aliphatic carbocycles. The molecule has 1 heterocycles. The minimum atomic E-state index is -0.639. The zero-order valence-electron chi connectivity index (χ0n) is 10.1. The molecule has 6 nitrogen and oxygen atoms in total. The number of nitrogens with zero attached hydrogens (tertiary/aromatic N) is 2. The van der Waals surface area contributed by atoms with Gasteiger partial charge in [-0.05, 0) is 18.2 Å². The topological polar surface area (TPSA) is 78.3 Å². The lowest BCUT2D eigenvalue weighted by molar-refractivity contribution is 0.0591. The van der Waals surface area contributed by atoms with Gasteiger partial charge in [0.05, 0.1) is 12.8 Å². The predicted octanol–water partition coefficient (Wildman–Crippen LogP) is 0.832. The molecule has 19 heavy (non-hydrogen) atoms. The first-order valence-corrected chi connectivity index (χ1v) is 5.40. The molecule has 0 radical (unpaired) electrons. The molecule has 2 aromatic rings. The Kier molecular flexibility index (Phi) is 3.51. The van der Waals surface area contributed by atoms with Crippen LogP contribution in [0, 0.1) is 0 Å². The van der Waals surface area contributed by atoms with Crippen LogP contribution >= 0.6 is 0 Å². The molecule has 0 saturated heterocycles. The number of ether oxygens (including phenoxy) is 1. The summed E-state index contributed by atoms with van der Waals surface area (Å²) in [7, 11) is 1.23. The molecular weight excluding hydrogens is 248 g/mol. The van der Waals surface area contributed by atoms with Crippen molar-refractivity contribution >= 4 is 12.3 Å². The number of esters is 1. The van der Waals surface area contributed by atoms with E-state index < -0.39 is 11.5 Å². The van der Waals surface area contributed by atoms with Gasteiger partial charge in [0.15, 0.2) is 5.69 Å². The van der Waals surface area contributed by atoms with Crippen LogP contribution in [0.15, 0.2) is 41.2 Å². The van der Waals surface area contributed by atoms with E-state index in [9.17, 15) is 14.4 Å². The highest BCUT2D eigenvalue weighted by Gasteiger charge is 2.10. The Bertz CT molecular complexity index is 691. The number of aldehydes is 1. The SMILES string of the molecule is COC(=O)c1ccc(=O)n(-c2cccc(C=O)c2)n1. The van der Waals surface area contributed by atoms with Gasteiger partial charge in [0.1, 0.15) is 6.29 Å². The van der Waals surface area contributed by atoms with Gasteiger partial charge in [0.25, 0.3) is 5.56 Å². The van der Waals surface area contributed by atoms with Gasteiger partial charge in [-0.3, -0.25) is 9.59 Å². The summed E-state index contributed by atoms with van der Waals surface area (Å²) in [5, 5.41) is 3.90. The van der Waals surface area contributed by atoms with Gasteiger partial charge >= 0.3 is 5.97 Å². The largest absolute Gasteiger partial charge is 0.464 e. The standard InChI is InChI=1S/C13H10N2O4/c1-19-13(18)11-5-6-12(17)15(14-11)10-4-2-3-9(7-10)8-16/h2-8H,1H3. The van der Waals surface area contributed by atoms with Crippen LogP contribution in [0.3, 0.4) is 0 Å². The molecule has 0 amide bonds. The van der Waals surface area contributed by atoms with Crippen molar-refractivity contribution in [2.45, 2.75) is 0 Å². The lowest BCUT2D eigenvalue weighted by Gasteiger charge is -2.06. The summed E-state index contributed by atoms with van der Waals surface area (Å²) in [5.74, 6) is -0.639. The van der Waals surface area contributed by atoms with E-state index in [1.807, 2.05) is 0 Å². The van der Waals surface area contributed by atoms with Crippen LogP contribution in [-0.4, -0.2) is 29.1 Å². The highest BCUT2D eigenvalue weighted by molar-refractivity contribution is 5.86. The number of aromatic nitrogens is 2. The van der Waals surface area contributed by atoms with E-state index in [4.69, 9.17) is 0 Å². The summed E-state index contributed by atoms with van der Waals surface area (Å²) in [6.45, 7) is 0. The third kappa shape index (κ3) is 2.57. The maximum absolute atomic E-state index is 11.7. The van der Waals surface area contributed by atoms with Crippen LogP contribution in [0.25, 0.3) is 5.69 Å². The first-order chi connectivity index (χ1) is 9.15. The molecule has 0 spiro atoms. The van der Waals surface area contributed by atoms with Crippen molar-refractivity contribution in [3.8, 4) is 5.69 Å². The van der Waals surface area contributed by atoms with E-state index in [0.29, 0.717) is 17.5 Å². The first-order valence-electron chi connectivity index (χ1n) is 5.40. The average Bonchev–Trinajstić information content (AvgIpc) is 2.47. The summed E-state index contributed by atoms with van der Waals surface area (Å²) in [4.78, 5) is 33.8. The van der Waals surface area contributed by atoms with Gasteiger partial charge in [-0.1, -0.05) is 12.1 Å². The second-order valence-corrected chi connectivity index (χ2v) is 3.67. The first kappa shape index (κ1) is 12.7. The quantitative estimate of drug-likeness (QED) is 0.602. The molecule has 96 valence electrons. The molecule has 0 N–H and O–H groups in total. The van der Waals surface area contributed by atoms with E-state index in [0.717, 1.165) is 4.68 Å². The Balaban J connectivity index is 2.57. The maximum atomic E-state index is 11.7. The Morgan fingerprint density at radius 1 is 1.32 bits per heavy atom.